The molecule has 2 fully saturated rings. The number of aryl methyl sites for hydroxylation is 1. The number of anilines is 1. The molecule has 0 saturated carbocycles. The summed E-state index contributed by atoms with van der Waals surface area (Å²) in [5.41, 5.74) is 2.37. The molecule has 2 aromatic rings. The fourth-order valence-electron chi connectivity index (χ4n) is 4.58. The second kappa shape index (κ2) is 7.78. The number of nitrogens with zero attached hydrogens (tertiary/aromatic N) is 5. The van der Waals surface area contributed by atoms with E-state index in [0.717, 1.165) is 17.0 Å². The van der Waals surface area contributed by atoms with Crippen molar-refractivity contribution in [2.24, 2.45) is 4.99 Å². The largest absolute Gasteiger partial charge is 0.328 e. The van der Waals surface area contributed by atoms with E-state index in [4.69, 9.17) is 16.6 Å². The number of hydrogen-bond donors (Lipinski definition) is 0. The van der Waals surface area contributed by atoms with E-state index in [-0.39, 0.29) is 23.0 Å². The number of hydrogen-bond acceptors (Lipinski definition) is 5. The zero-order valence-electron chi connectivity index (χ0n) is 17.8. The Morgan fingerprint density at radius 1 is 1.12 bits per heavy atom. The molecular weight excluding hydrogens is 433 g/mol. The molecular formula is C23H23ClFN5O2. The van der Waals surface area contributed by atoms with E-state index in [2.05, 4.69) is 36.1 Å². The summed E-state index contributed by atoms with van der Waals surface area (Å²) in [6, 6.07) is 11.4. The molecule has 2 unspecified atom stereocenters. The number of urea groups is 1. The van der Waals surface area contributed by atoms with Crippen molar-refractivity contribution in [3.05, 3.63) is 64.4 Å². The van der Waals surface area contributed by atoms with E-state index in [1.54, 1.807) is 13.1 Å². The van der Waals surface area contributed by atoms with E-state index in [1.165, 1.54) is 22.6 Å². The minimum atomic E-state index is -0.641. The first-order valence-electron chi connectivity index (χ1n) is 10.6. The molecule has 5 rings (SSSR count). The molecule has 0 radical (unpaired) electrons. The van der Waals surface area contributed by atoms with Crippen molar-refractivity contribution in [2.45, 2.75) is 32.1 Å². The standard InChI is InChI=1S/C23H23ClFN5O2/c1-3-14-7-9-15(10-8-14)28-11-12-29-19-20(26-22(28)29)27(2)23(32)30(21(19)31)13-16-17(24)5-4-6-18(16)25/h4-10,19-20H,3,11-13H2,1-2H3. The number of aliphatic imine (C=N–C) groups is 1. The van der Waals surface area contributed by atoms with Crippen LogP contribution in [0.4, 0.5) is 14.9 Å². The molecule has 2 saturated heterocycles. The maximum Gasteiger partial charge on any atom is 0.328 e. The normalized spacial score (nSPS) is 22.4. The van der Waals surface area contributed by atoms with Crippen LogP contribution in [0.1, 0.15) is 18.1 Å². The predicted octanol–water partition coefficient (Wildman–Crippen LogP) is 3.32. The van der Waals surface area contributed by atoms with Gasteiger partial charge in [0.15, 0.2) is 12.2 Å². The maximum absolute atomic E-state index is 14.3. The molecule has 9 heteroatoms. The van der Waals surface area contributed by atoms with Gasteiger partial charge in [0.05, 0.1) is 6.54 Å². The number of amides is 3. The van der Waals surface area contributed by atoms with E-state index in [9.17, 15) is 14.0 Å². The third-order valence-corrected chi connectivity index (χ3v) is 6.77. The zero-order chi connectivity index (χ0) is 22.6. The molecule has 0 aromatic heterocycles. The van der Waals surface area contributed by atoms with Gasteiger partial charge >= 0.3 is 6.03 Å². The average Bonchev–Trinajstić information content (AvgIpc) is 3.36. The summed E-state index contributed by atoms with van der Waals surface area (Å²) in [7, 11) is 1.62. The van der Waals surface area contributed by atoms with Crippen molar-refractivity contribution < 1.29 is 14.0 Å². The number of halogens is 2. The Labute approximate surface area is 190 Å². The fourth-order valence-corrected chi connectivity index (χ4v) is 4.80. The summed E-state index contributed by atoms with van der Waals surface area (Å²) in [5, 5.41) is 0.182. The lowest BCUT2D eigenvalue weighted by molar-refractivity contribution is -0.137. The highest BCUT2D eigenvalue weighted by Gasteiger charge is 2.54. The summed E-state index contributed by atoms with van der Waals surface area (Å²) < 4.78 is 14.3. The van der Waals surface area contributed by atoms with Gasteiger partial charge in [0.2, 0.25) is 5.96 Å². The molecule has 0 spiro atoms. The van der Waals surface area contributed by atoms with Gasteiger partial charge in [-0.1, -0.05) is 36.7 Å². The topological polar surface area (TPSA) is 59.5 Å². The lowest BCUT2D eigenvalue weighted by atomic mass is 10.1. The Kier molecular flexibility index (Phi) is 5.04. The van der Waals surface area contributed by atoms with Crippen LogP contribution in [0.25, 0.3) is 0 Å². The highest BCUT2D eigenvalue weighted by Crippen LogP contribution is 2.34. The van der Waals surface area contributed by atoms with Gasteiger partial charge in [0.1, 0.15) is 5.82 Å². The molecule has 166 valence electrons. The number of carbonyl (C=O) groups excluding carboxylic acids is 2. The molecule has 3 aliphatic heterocycles. The minimum absolute atomic E-state index is 0.126. The Balaban J connectivity index is 1.44. The van der Waals surface area contributed by atoms with Crippen LogP contribution in [0.5, 0.6) is 0 Å². The second-order valence-corrected chi connectivity index (χ2v) is 8.58. The lowest BCUT2D eigenvalue weighted by Crippen LogP contribution is -2.64. The van der Waals surface area contributed by atoms with E-state index >= 15 is 0 Å². The number of guanidine groups is 1. The number of benzene rings is 2. The van der Waals surface area contributed by atoms with Gasteiger partial charge in [-0.15, -0.1) is 0 Å². The van der Waals surface area contributed by atoms with Gasteiger partial charge < -0.3 is 14.7 Å². The Hall–Kier alpha value is -3.13. The van der Waals surface area contributed by atoms with Gasteiger partial charge in [-0.2, -0.15) is 0 Å². The molecule has 2 atom stereocenters. The van der Waals surface area contributed by atoms with Crippen LogP contribution >= 0.6 is 11.6 Å². The number of rotatable bonds is 4. The molecule has 2 aromatic carbocycles. The third kappa shape index (κ3) is 3.12. The van der Waals surface area contributed by atoms with Gasteiger partial charge in [0, 0.05) is 36.4 Å². The second-order valence-electron chi connectivity index (χ2n) is 8.17. The molecule has 3 heterocycles. The highest BCUT2D eigenvalue weighted by molar-refractivity contribution is 6.31. The molecule has 0 aliphatic carbocycles. The third-order valence-electron chi connectivity index (χ3n) is 6.41. The van der Waals surface area contributed by atoms with Crippen LogP contribution < -0.4 is 4.90 Å². The average molecular weight is 456 g/mol. The molecule has 3 amide bonds. The monoisotopic (exact) mass is 455 g/mol. The number of carbonyl (C=O) groups is 2. The summed E-state index contributed by atoms with van der Waals surface area (Å²) in [6.07, 6.45) is 0.343. The van der Waals surface area contributed by atoms with Gasteiger partial charge in [-0.05, 0) is 36.2 Å². The summed E-state index contributed by atoms with van der Waals surface area (Å²) in [6.45, 7) is 3.19. The van der Waals surface area contributed by atoms with E-state index in [0.29, 0.717) is 19.0 Å². The van der Waals surface area contributed by atoms with Gasteiger partial charge in [0.25, 0.3) is 5.91 Å². The molecule has 32 heavy (non-hydrogen) atoms. The fraction of sp³-hybridized carbons (Fsp3) is 0.348. The predicted molar refractivity (Wildman–Crippen MR) is 120 cm³/mol. The number of likely N-dealkylation sites (N-methyl/N-ethyl adjacent to an activating group) is 1. The molecule has 3 aliphatic rings. The van der Waals surface area contributed by atoms with E-state index < -0.39 is 24.1 Å². The Bertz CT molecular complexity index is 1100. The quantitative estimate of drug-likeness (QED) is 0.709. The first kappa shape index (κ1) is 20.8. The molecule has 0 bridgehead atoms. The smallest absolute Gasteiger partial charge is 0.325 e. The van der Waals surface area contributed by atoms with Crippen molar-refractivity contribution in [1.29, 1.82) is 0 Å². The van der Waals surface area contributed by atoms with Gasteiger partial charge in [-0.3, -0.25) is 9.69 Å². The van der Waals surface area contributed by atoms with Crippen molar-refractivity contribution in [2.75, 3.05) is 25.0 Å². The highest BCUT2D eigenvalue weighted by atomic mass is 35.5. The Morgan fingerprint density at radius 2 is 1.88 bits per heavy atom. The van der Waals surface area contributed by atoms with E-state index in [1.807, 2.05) is 4.90 Å². The maximum atomic E-state index is 14.3. The van der Waals surface area contributed by atoms with Crippen molar-refractivity contribution in [3.63, 3.8) is 0 Å². The minimum Gasteiger partial charge on any atom is -0.325 e. The summed E-state index contributed by atoms with van der Waals surface area (Å²) in [4.78, 5) is 37.7. The van der Waals surface area contributed by atoms with Crippen LogP contribution in [0, 0.1) is 5.82 Å². The van der Waals surface area contributed by atoms with Crippen molar-refractivity contribution >= 4 is 35.2 Å². The van der Waals surface area contributed by atoms with Crippen LogP contribution in [-0.2, 0) is 17.8 Å². The van der Waals surface area contributed by atoms with Crippen LogP contribution in [0.3, 0.4) is 0 Å². The van der Waals surface area contributed by atoms with Crippen LogP contribution in [0.2, 0.25) is 5.02 Å². The summed E-state index contributed by atoms with van der Waals surface area (Å²) >= 11 is 6.15. The Morgan fingerprint density at radius 3 is 2.56 bits per heavy atom. The first-order valence-corrected chi connectivity index (χ1v) is 11.0. The lowest BCUT2D eigenvalue weighted by Gasteiger charge is -2.40. The van der Waals surface area contributed by atoms with Crippen LogP contribution in [0.15, 0.2) is 47.5 Å². The number of imide groups is 1. The molecule has 0 N–H and O–H groups in total. The van der Waals surface area contributed by atoms with Gasteiger partial charge in [-0.25, -0.2) is 14.2 Å². The van der Waals surface area contributed by atoms with Crippen molar-refractivity contribution in [1.82, 2.24) is 14.7 Å². The first-order chi connectivity index (χ1) is 15.4. The zero-order valence-corrected chi connectivity index (χ0v) is 18.6. The SMILES string of the molecule is CCc1ccc(N2CCN3C2=NC2C3C(=O)N(Cc3c(F)cccc3Cl)C(=O)N2C)cc1. The summed E-state index contributed by atoms with van der Waals surface area (Å²) in [5.74, 6) is -0.253. The molecule has 7 nitrogen and oxygen atoms in total. The van der Waals surface area contributed by atoms with Crippen molar-refractivity contribution in [3.8, 4) is 0 Å². The van der Waals surface area contributed by atoms with Crippen LogP contribution in [-0.4, -0.2) is 64.9 Å². The number of fused-ring (bicyclic) bond motifs is 3.